The summed E-state index contributed by atoms with van der Waals surface area (Å²) in [5, 5.41) is 5.24. The van der Waals surface area contributed by atoms with Gasteiger partial charge >= 0.3 is 0 Å². The van der Waals surface area contributed by atoms with E-state index in [4.69, 9.17) is 5.73 Å². The number of nitrogens with two attached hydrogens (primary N) is 1. The summed E-state index contributed by atoms with van der Waals surface area (Å²) in [7, 11) is 0. The number of anilines is 1. The van der Waals surface area contributed by atoms with Gasteiger partial charge in [0.2, 0.25) is 5.91 Å². The summed E-state index contributed by atoms with van der Waals surface area (Å²) in [6.45, 7) is 2.22. The first-order valence-corrected chi connectivity index (χ1v) is 8.68. The molecule has 0 unspecified atom stereocenters. The molecule has 0 aliphatic heterocycles. The highest BCUT2D eigenvalue weighted by Crippen LogP contribution is 2.33. The molecule has 0 radical (unpaired) electrons. The first kappa shape index (κ1) is 16.0. The molecule has 116 valence electrons. The fourth-order valence-electron chi connectivity index (χ4n) is 3.02. The first-order chi connectivity index (χ1) is 10.1. The van der Waals surface area contributed by atoms with E-state index in [-0.39, 0.29) is 11.8 Å². The lowest BCUT2D eigenvalue weighted by Crippen LogP contribution is -2.27. The third kappa shape index (κ3) is 4.30. The van der Waals surface area contributed by atoms with Crippen LogP contribution in [0.2, 0.25) is 0 Å². The van der Waals surface area contributed by atoms with Gasteiger partial charge in [-0.1, -0.05) is 26.2 Å². The van der Waals surface area contributed by atoms with Crippen molar-refractivity contribution in [1.82, 2.24) is 0 Å². The van der Waals surface area contributed by atoms with Crippen molar-refractivity contribution in [2.24, 2.45) is 17.6 Å². The summed E-state index contributed by atoms with van der Waals surface area (Å²) in [6.07, 6.45) is 8.03. The highest BCUT2D eigenvalue weighted by Gasteiger charge is 2.26. The molecule has 2 amide bonds. The summed E-state index contributed by atoms with van der Waals surface area (Å²) in [6, 6.07) is 1.66. The SMILES string of the molecule is CCCCC1CCC(C(=O)Nc2sccc2C(N)=O)CC1. The quantitative estimate of drug-likeness (QED) is 0.839. The molecule has 4 nitrogen and oxygen atoms in total. The standard InChI is InChI=1S/C16H24N2O2S/c1-2-3-4-11-5-7-12(8-6-11)15(20)18-16-13(14(17)19)9-10-21-16/h9-12H,2-8H2,1H3,(H2,17,19)(H,18,20). The van der Waals surface area contributed by atoms with Crippen molar-refractivity contribution in [3.63, 3.8) is 0 Å². The Bertz CT molecular complexity index is 490. The molecule has 0 aromatic carbocycles. The fourth-order valence-corrected chi connectivity index (χ4v) is 3.82. The van der Waals surface area contributed by atoms with Gasteiger partial charge in [0.05, 0.1) is 5.56 Å². The van der Waals surface area contributed by atoms with Crippen molar-refractivity contribution >= 4 is 28.2 Å². The molecule has 0 atom stereocenters. The Morgan fingerprint density at radius 2 is 2.05 bits per heavy atom. The second-order valence-corrected chi connectivity index (χ2v) is 6.79. The molecule has 2 rings (SSSR count). The molecule has 1 fully saturated rings. The van der Waals surface area contributed by atoms with Crippen molar-refractivity contribution in [2.45, 2.75) is 51.9 Å². The molecule has 1 aromatic rings. The van der Waals surface area contributed by atoms with E-state index in [9.17, 15) is 9.59 Å². The molecule has 1 aliphatic rings. The minimum atomic E-state index is -0.491. The normalized spacial score (nSPS) is 22.0. The minimum Gasteiger partial charge on any atom is -0.366 e. The first-order valence-electron chi connectivity index (χ1n) is 7.80. The maximum absolute atomic E-state index is 12.3. The van der Waals surface area contributed by atoms with Gasteiger partial charge in [-0.3, -0.25) is 9.59 Å². The zero-order valence-corrected chi connectivity index (χ0v) is 13.4. The topological polar surface area (TPSA) is 72.2 Å². The Kier molecular flexibility index (Phi) is 5.79. The van der Waals surface area contributed by atoms with Gasteiger partial charge in [-0.25, -0.2) is 0 Å². The van der Waals surface area contributed by atoms with E-state index < -0.39 is 5.91 Å². The van der Waals surface area contributed by atoms with Gasteiger partial charge in [-0.2, -0.15) is 0 Å². The third-order valence-corrected chi connectivity index (χ3v) is 5.18. The van der Waals surface area contributed by atoms with Crippen molar-refractivity contribution in [2.75, 3.05) is 5.32 Å². The van der Waals surface area contributed by atoms with E-state index in [1.165, 1.54) is 30.6 Å². The van der Waals surface area contributed by atoms with Gasteiger partial charge in [0.25, 0.3) is 5.91 Å². The lowest BCUT2D eigenvalue weighted by Gasteiger charge is -2.27. The highest BCUT2D eigenvalue weighted by molar-refractivity contribution is 7.14. The Morgan fingerprint density at radius 1 is 1.33 bits per heavy atom. The monoisotopic (exact) mass is 308 g/mol. The number of nitrogens with one attached hydrogen (secondary N) is 1. The number of thiophene rings is 1. The number of carbonyl (C=O) groups excluding carboxylic acids is 2. The maximum atomic E-state index is 12.3. The third-order valence-electron chi connectivity index (χ3n) is 4.35. The summed E-state index contributed by atoms with van der Waals surface area (Å²) in [5.74, 6) is 0.409. The number of unbranched alkanes of at least 4 members (excludes halogenated alkanes) is 1. The second-order valence-electron chi connectivity index (χ2n) is 5.88. The minimum absolute atomic E-state index is 0.0360. The van der Waals surface area contributed by atoms with Gasteiger partial charge in [0, 0.05) is 5.92 Å². The predicted molar refractivity (Wildman–Crippen MR) is 86.4 cm³/mol. The lowest BCUT2D eigenvalue weighted by molar-refractivity contribution is -0.121. The van der Waals surface area contributed by atoms with E-state index >= 15 is 0 Å². The van der Waals surface area contributed by atoms with Crippen LogP contribution in [0.1, 0.15) is 62.2 Å². The van der Waals surface area contributed by atoms with Crippen molar-refractivity contribution < 1.29 is 9.59 Å². The van der Waals surface area contributed by atoms with Crippen LogP contribution in [-0.4, -0.2) is 11.8 Å². The molecule has 0 spiro atoms. The summed E-state index contributed by atoms with van der Waals surface area (Å²) in [5.41, 5.74) is 5.70. The van der Waals surface area contributed by atoms with Gasteiger partial charge < -0.3 is 11.1 Å². The number of amides is 2. The number of carbonyl (C=O) groups is 2. The number of primary amides is 1. The van der Waals surface area contributed by atoms with Crippen LogP contribution in [0.3, 0.4) is 0 Å². The van der Waals surface area contributed by atoms with E-state index in [1.807, 2.05) is 0 Å². The molecule has 0 bridgehead atoms. The van der Waals surface area contributed by atoms with Crippen molar-refractivity contribution in [3.05, 3.63) is 17.0 Å². The molecule has 1 saturated carbocycles. The van der Waals surface area contributed by atoms with Gasteiger partial charge in [-0.05, 0) is 43.0 Å². The van der Waals surface area contributed by atoms with E-state index in [0.717, 1.165) is 31.6 Å². The maximum Gasteiger partial charge on any atom is 0.251 e. The number of rotatable bonds is 6. The van der Waals surface area contributed by atoms with Crippen LogP contribution in [-0.2, 0) is 4.79 Å². The van der Waals surface area contributed by atoms with E-state index in [0.29, 0.717) is 10.6 Å². The molecule has 1 aliphatic carbocycles. The molecule has 5 heteroatoms. The van der Waals surface area contributed by atoms with Crippen LogP contribution < -0.4 is 11.1 Å². The lowest BCUT2D eigenvalue weighted by atomic mass is 9.79. The Hall–Kier alpha value is -1.36. The molecule has 21 heavy (non-hydrogen) atoms. The molecule has 1 heterocycles. The highest BCUT2D eigenvalue weighted by atomic mass is 32.1. The number of hydrogen-bond acceptors (Lipinski definition) is 3. The van der Waals surface area contributed by atoms with Crippen LogP contribution in [0.4, 0.5) is 5.00 Å². The summed E-state index contributed by atoms with van der Waals surface area (Å²) < 4.78 is 0. The zero-order valence-electron chi connectivity index (χ0n) is 12.6. The van der Waals surface area contributed by atoms with Crippen molar-refractivity contribution in [1.29, 1.82) is 0 Å². The summed E-state index contributed by atoms with van der Waals surface area (Å²) in [4.78, 5) is 23.6. The average Bonchev–Trinajstić information content (AvgIpc) is 2.94. The Morgan fingerprint density at radius 3 is 2.67 bits per heavy atom. The Labute approximate surface area is 130 Å². The van der Waals surface area contributed by atoms with Gasteiger partial charge in [0.1, 0.15) is 5.00 Å². The van der Waals surface area contributed by atoms with Gasteiger partial charge in [0.15, 0.2) is 0 Å². The van der Waals surface area contributed by atoms with Crippen LogP contribution in [0.15, 0.2) is 11.4 Å². The summed E-state index contributed by atoms with van der Waals surface area (Å²) >= 11 is 1.35. The molecular formula is C16H24N2O2S. The number of hydrogen-bond donors (Lipinski definition) is 2. The van der Waals surface area contributed by atoms with Crippen LogP contribution in [0, 0.1) is 11.8 Å². The zero-order chi connectivity index (χ0) is 15.2. The molecule has 1 aromatic heterocycles. The fraction of sp³-hybridized carbons (Fsp3) is 0.625. The molecule has 3 N–H and O–H groups in total. The molecular weight excluding hydrogens is 284 g/mol. The smallest absolute Gasteiger partial charge is 0.251 e. The van der Waals surface area contributed by atoms with Crippen LogP contribution in [0.25, 0.3) is 0 Å². The van der Waals surface area contributed by atoms with Crippen LogP contribution >= 0.6 is 11.3 Å². The van der Waals surface area contributed by atoms with E-state index in [1.54, 1.807) is 11.4 Å². The van der Waals surface area contributed by atoms with Gasteiger partial charge in [-0.15, -0.1) is 11.3 Å². The predicted octanol–water partition coefficient (Wildman–Crippen LogP) is 3.78. The largest absolute Gasteiger partial charge is 0.366 e. The van der Waals surface area contributed by atoms with E-state index in [2.05, 4.69) is 12.2 Å². The molecule has 0 saturated heterocycles. The second kappa shape index (κ2) is 7.59. The Balaban J connectivity index is 1.85. The van der Waals surface area contributed by atoms with Crippen molar-refractivity contribution in [3.8, 4) is 0 Å². The average molecular weight is 308 g/mol. The van der Waals surface area contributed by atoms with Crippen LogP contribution in [0.5, 0.6) is 0 Å².